The standard InChI is InChI=1S/C22H20FN3O4/c1-14-24-20(30-25-14)15-2-4-16(5-3-15)21(27)26-12-10-17(11-13-26)22(28)29-19-8-6-18(23)7-9-19/h2-9,17H,10-13H2,1H3. The lowest BCUT2D eigenvalue weighted by Crippen LogP contribution is -2.41. The topological polar surface area (TPSA) is 85.5 Å². The number of hydrogen-bond donors (Lipinski definition) is 0. The molecule has 0 radical (unpaired) electrons. The molecule has 2 heterocycles. The molecule has 154 valence electrons. The van der Waals surface area contributed by atoms with Gasteiger partial charge in [-0.25, -0.2) is 4.39 Å². The zero-order chi connectivity index (χ0) is 21.1. The second-order valence-electron chi connectivity index (χ2n) is 7.17. The zero-order valence-corrected chi connectivity index (χ0v) is 16.4. The zero-order valence-electron chi connectivity index (χ0n) is 16.4. The smallest absolute Gasteiger partial charge is 0.314 e. The molecule has 0 unspecified atom stereocenters. The lowest BCUT2D eigenvalue weighted by molar-refractivity contribution is -0.140. The van der Waals surface area contributed by atoms with Crippen LogP contribution in [0.1, 0.15) is 29.0 Å². The summed E-state index contributed by atoms with van der Waals surface area (Å²) in [5.41, 5.74) is 1.30. The summed E-state index contributed by atoms with van der Waals surface area (Å²) < 4.78 is 23.4. The summed E-state index contributed by atoms with van der Waals surface area (Å²) in [5.74, 6) is 0.153. The van der Waals surface area contributed by atoms with Gasteiger partial charge in [0.05, 0.1) is 5.92 Å². The van der Waals surface area contributed by atoms with Crippen molar-refractivity contribution in [3.63, 3.8) is 0 Å². The monoisotopic (exact) mass is 409 g/mol. The Morgan fingerprint density at radius 1 is 1.07 bits per heavy atom. The first-order valence-electron chi connectivity index (χ1n) is 9.67. The Balaban J connectivity index is 1.32. The molecule has 1 aliphatic heterocycles. The molecule has 0 saturated carbocycles. The maximum absolute atomic E-state index is 13.0. The molecule has 0 N–H and O–H groups in total. The predicted molar refractivity (Wildman–Crippen MR) is 105 cm³/mol. The van der Waals surface area contributed by atoms with E-state index in [1.54, 1.807) is 36.1 Å². The Morgan fingerprint density at radius 2 is 1.73 bits per heavy atom. The molecule has 0 spiro atoms. The van der Waals surface area contributed by atoms with Crippen LogP contribution in [0.2, 0.25) is 0 Å². The Kier molecular flexibility index (Phi) is 5.56. The van der Waals surface area contributed by atoms with Crippen molar-refractivity contribution < 1.29 is 23.2 Å². The highest BCUT2D eigenvalue weighted by atomic mass is 19.1. The molecule has 3 aromatic rings. The summed E-state index contributed by atoms with van der Waals surface area (Å²) in [4.78, 5) is 31.0. The van der Waals surface area contributed by atoms with Crippen molar-refractivity contribution in [1.29, 1.82) is 0 Å². The average molecular weight is 409 g/mol. The molecule has 1 saturated heterocycles. The van der Waals surface area contributed by atoms with Crippen molar-refractivity contribution in [3.05, 3.63) is 65.7 Å². The summed E-state index contributed by atoms with van der Waals surface area (Å²) in [6, 6.07) is 12.3. The number of carbonyl (C=O) groups excluding carboxylic acids is 2. The lowest BCUT2D eigenvalue weighted by atomic mass is 9.96. The summed E-state index contributed by atoms with van der Waals surface area (Å²) in [6.45, 7) is 2.67. The van der Waals surface area contributed by atoms with E-state index in [-0.39, 0.29) is 23.6 Å². The molecular weight excluding hydrogens is 389 g/mol. The van der Waals surface area contributed by atoms with Gasteiger partial charge in [-0.3, -0.25) is 9.59 Å². The number of ether oxygens (including phenoxy) is 1. The average Bonchev–Trinajstić information content (AvgIpc) is 3.21. The van der Waals surface area contributed by atoms with Crippen LogP contribution in [0.4, 0.5) is 4.39 Å². The molecule has 1 amide bonds. The summed E-state index contributed by atoms with van der Waals surface area (Å²) >= 11 is 0. The van der Waals surface area contributed by atoms with Crippen molar-refractivity contribution in [1.82, 2.24) is 15.0 Å². The molecule has 1 fully saturated rings. The molecular formula is C22H20FN3O4. The Labute approximate surface area is 172 Å². The third-order valence-corrected chi connectivity index (χ3v) is 5.05. The quantitative estimate of drug-likeness (QED) is 0.483. The summed E-state index contributed by atoms with van der Waals surface area (Å²) in [6.07, 6.45) is 1.04. The van der Waals surface area contributed by atoms with Crippen molar-refractivity contribution >= 4 is 11.9 Å². The summed E-state index contributed by atoms with van der Waals surface area (Å²) in [7, 11) is 0. The molecule has 1 aliphatic rings. The number of rotatable bonds is 4. The molecule has 1 aromatic heterocycles. The van der Waals surface area contributed by atoms with Crippen LogP contribution >= 0.6 is 0 Å². The Morgan fingerprint density at radius 3 is 2.33 bits per heavy atom. The maximum Gasteiger partial charge on any atom is 0.314 e. The number of esters is 1. The number of halogens is 1. The van der Waals surface area contributed by atoms with Gasteiger partial charge in [-0.05, 0) is 68.3 Å². The van der Waals surface area contributed by atoms with Crippen LogP contribution in [0.15, 0.2) is 53.1 Å². The van der Waals surface area contributed by atoms with Gasteiger partial charge in [0.15, 0.2) is 5.82 Å². The minimum absolute atomic E-state index is 0.0892. The van der Waals surface area contributed by atoms with Crippen LogP contribution in [0.25, 0.3) is 11.5 Å². The summed E-state index contributed by atoms with van der Waals surface area (Å²) in [5, 5.41) is 3.76. The van der Waals surface area contributed by atoms with Gasteiger partial charge in [0.1, 0.15) is 11.6 Å². The van der Waals surface area contributed by atoms with Crippen molar-refractivity contribution in [2.24, 2.45) is 5.92 Å². The first kappa shape index (κ1) is 19.8. The highest BCUT2D eigenvalue weighted by molar-refractivity contribution is 5.94. The van der Waals surface area contributed by atoms with E-state index in [4.69, 9.17) is 9.26 Å². The maximum atomic E-state index is 13.0. The van der Waals surface area contributed by atoms with Crippen molar-refractivity contribution in [2.75, 3.05) is 13.1 Å². The SMILES string of the molecule is Cc1noc(-c2ccc(C(=O)N3CCC(C(=O)Oc4ccc(F)cc4)CC3)cc2)n1. The van der Waals surface area contributed by atoms with Gasteiger partial charge >= 0.3 is 5.97 Å². The van der Waals surface area contributed by atoms with Crippen LogP contribution in [0.5, 0.6) is 5.75 Å². The van der Waals surface area contributed by atoms with Crippen LogP contribution in [0.3, 0.4) is 0 Å². The molecule has 30 heavy (non-hydrogen) atoms. The molecule has 2 aromatic carbocycles. The Hall–Kier alpha value is -3.55. The Bertz CT molecular complexity index is 1040. The normalized spacial score (nSPS) is 14.5. The van der Waals surface area contributed by atoms with E-state index in [9.17, 15) is 14.0 Å². The van der Waals surface area contributed by atoms with Gasteiger partial charge in [0.25, 0.3) is 11.8 Å². The second kappa shape index (κ2) is 8.44. The molecule has 8 heteroatoms. The van der Waals surface area contributed by atoms with E-state index < -0.39 is 0 Å². The van der Waals surface area contributed by atoms with Gasteiger partial charge in [-0.2, -0.15) is 4.98 Å². The van der Waals surface area contributed by atoms with Crippen LogP contribution in [0, 0.1) is 18.7 Å². The number of carbonyl (C=O) groups is 2. The van der Waals surface area contributed by atoms with E-state index in [1.165, 1.54) is 24.3 Å². The predicted octanol–water partition coefficient (Wildman–Crippen LogP) is 3.64. The van der Waals surface area contributed by atoms with Crippen molar-refractivity contribution in [2.45, 2.75) is 19.8 Å². The highest BCUT2D eigenvalue weighted by Crippen LogP contribution is 2.23. The number of likely N-dealkylation sites (tertiary alicyclic amines) is 1. The fraction of sp³-hybridized carbons (Fsp3) is 0.273. The van der Waals surface area contributed by atoms with Crippen LogP contribution in [-0.2, 0) is 4.79 Å². The largest absolute Gasteiger partial charge is 0.426 e. The molecule has 7 nitrogen and oxygen atoms in total. The number of aryl methyl sites for hydroxylation is 1. The third kappa shape index (κ3) is 4.37. The van der Waals surface area contributed by atoms with Gasteiger partial charge < -0.3 is 14.2 Å². The van der Waals surface area contributed by atoms with Gasteiger partial charge in [-0.15, -0.1) is 0 Å². The van der Waals surface area contributed by atoms with Crippen LogP contribution < -0.4 is 4.74 Å². The minimum Gasteiger partial charge on any atom is -0.426 e. The third-order valence-electron chi connectivity index (χ3n) is 5.05. The van der Waals surface area contributed by atoms with E-state index >= 15 is 0 Å². The van der Waals surface area contributed by atoms with E-state index in [1.807, 2.05) is 0 Å². The van der Waals surface area contributed by atoms with E-state index in [0.717, 1.165) is 5.56 Å². The number of piperidine rings is 1. The van der Waals surface area contributed by atoms with E-state index in [0.29, 0.717) is 49.0 Å². The molecule has 0 aliphatic carbocycles. The number of amides is 1. The molecule has 0 bridgehead atoms. The first-order chi connectivity index (χ1) is 14.5. The fourth-order valence-electron chi connectivity index (χ4n) is 3.37. The molecule has 0 atom stereocenters. The highest BCUT2D eigenvalue weighted by Gasteiger charge is 2.29. The number of aromatic nitrogens is 2. The second-order valence-corrected chi connectivity index (χ2v) is 7.17. The van der Waals surface area contributed by atoms with Gasteiger partial charge in [0, 0.05) is 24.2 Å². The van der Waals surface area contributed by atoms with Gasteiger partial charge in [0.2, 0.25) is 0 Å². The lowest BCUT2D eigenvalue weighted by Gasteiger charge is -2.31. The van der Waals surface area contributed by atoms with Crippen molar-refractivity contribution in [3.8, 4) is 17.2 Å². The number of nitrogens with zero attached hydrogens (tertiary/aromatic N) is 3. The minimum atomic E-state index is -0.387. The van der Waals surface area contributed by atoms with Gasteiger partial charge in [-0.1, -0.05) is 5.16 Å². The number of benzene rings is 2. The first-order valence-corrected chi connectivity index (χ1v) is 9.67. The van der Waals surface area contributed by atoms with Crippen LogP contribution in [-0.4, -0.2) is 40.0 Å². The van der Waals surface area contributed by atoms with E-state index in [2.05, 4.69) is 10.1 Å². The number of hydrogen-bond acceptors (Lipinski definition) is 6. The molecule has 4 rings (SSSR count). The fourth-order valence-corrected chi connectivity index (χ4v) is 3.37.